The second-order valence-electron chi connectivity index (χ2n) is 6.60. The van der Waals surface area contributed by atoms with Crippen LogP contribution in [0.4, 0.5) is 9.18 Å². The minimum Gasteiger partial charge on any atom is -0.490 e. The topological polar surface area (TPSA) is 94.2 Å². The van der Waals surface area contributed by atoms with Crippen molar-refractivity contribution in [2.45, 2.75) is 13.5 Å². The largest absolute Gasteiger partial charge is 0.490 e. The Morgan fingerprint density at radius 2 is 1.97 bits per heavy atom. The molecule has 3 rings (SSSR count). The summed E-state index contributed by atoms with van der Waals surface area (Å²) in [6, 6.07) is 8.27. The van der Waals surface area contributed by atoms with E-state index in [0.717, 1.165) is 4.90 Å². The smallest absolute Gasteiger partial charge is 0.343 e. The molecule has 1 N–H and O–H groups in total. The quantitative estimate of drug-likeness (QED) is 0.366. The van der Waals surface area contributed by atoms with Gasteiger partial charge in [0, 0.05) is 5.56 Å². The molecule has 0 aliphatic carbocycles. The van der Waals surface area contributed by atoms with Crippen LogP contribution in [0.3, 0.4) is 0 Å². The van der Waals surface area contributed by atoms with E-state index in [1.165, 1.54) is 37.5 Å². The molecular formula is C22H20ClFN2O6. The first-order valence-corrected chi connectivity index (χ1v) is 9.95. The number of urea groups is 1. The normalized spacial score (nSPS) is 14.5. The highest BCUT2D eigenvalue weighted by molar-refractivity contribution is 6.32. The first-order chi connectivity index (χ1) is 15.3. The molecule has 2 aromatic rings. The Balaban J connectivity index is 1.85. The number of hydrogen-bond donors (Lipinski definition) is 1. The highest BCUT2D eigenvalue weighted by Crippen LogP contribution is 2.37. The monoisotopic (exact) mass is 462 g/mol. The van der Waals surface area contributed by atoms with Crippen LogP contribution in [-0.4, -0.2) is 43.1 Å². The third-order valence-corrected chi connectivity index (χ3v) is 4.73. The van der Waals surface area contributed by atoms with Crippen LogP contribution in [0.25, 0.3) is 6.08 Å². The van der Waals surface area contributed by atoms with Gasteiger partial charge in [-0.1, -0.05) is 29.8 Å². The van der Waals surface area contributed by atoms with Crippen LogP contribution >= 0.6 is 11.6 Å². The zero-order chi connectivity index (χ0) is 23.3. The molecule has 3 amide bonds. The summed E-state index contributed by atoms with van der Waals surface area (Å²) < 4.78 is 29.4. The fourth-order valence-corrected chi connectivity index (χ4v) is 3.22. The molecule has 32 heavy (non-hydrogen) atoms. The van der Waals surface area contributed by atoms with Crippen molar-refractivity contribution >= 4 is 35.6 Å². The lowest BCUT2D eigenvalue weighted by Crippen LogP contribution is -2.30. The van der Waals surface area contributed by atoms with E-state index in [2.05, 4.69) is 10.1 Å². The van der Waals surface area contributed by atoms with Gasteiger partial charge in [0.05, 0.1) is 25.3 Å². The zero-order valence-corrected chi connectivity index (χ0v) is 18.1. The lowest BCUT2D eigenvalue weighted by Gasteiger charge is -2.14. The average molecular weight is 463 g/mol. The second-order valence-corrected chi connectivity index (χ2v) is 7.01. The summed E-state index contributed by atoms with van der Waals surface area (Å²) in [6.07, 6.45) is 1.42. The first-order valence-electron chi connectivity index (χ1n) is 9.58. The predicted octanol–water partition coefficient (Wildman–Crippen LogP) is 3.52. The maximum atomic E-state index is 13.9. The molecular weight excluding hydrogens is 443 g/mol. The van der Waals surface area contributed by atoms with Gasteiger partial charge in [-0.2, -0.15) is 0 Å². The molecule has 168 valence electrons. The van der Waals surface area contributed by atoms with Crippen molar-refractivity contribution in [2.24, 2.45) is 0 Å². The van der Waals surface area contributed by atoms with Gasteiger partial charge >= 0.3 is 12.0 Å². The molecule has 1 saturated heterocycles. The third kappa shape index (κ3) is 5.17. The third-order valence-electron chi connectivity index (χ3n) is 4.45. The number of rotatable bonds is 8. The van der Waals surface area contributed by atoms with Crippen molar-refractivity contribution in [3.05, 3.63) is 64.1 Å². The minimum absolute atomic E-state index is 0.00640. The summed E-state index contributed by atoms with van der Waals surface area (Å²) >= 11 is 6.29. The maximum absolute atomic E-state index is 13.9. The fourth-order valence-electron chi connectivity index (χ4n) is 2.94. The van der Waals surface area contributed by atoms with Crippen LogP contribution in [0.5, 0.6) is 11.5 Å². The van der Waals surface area contributed by atoms with Gasteiger partial charge in [-0.3, -0.25) is 9.69 Å². The molecule has 2 aromatic carbocycles. The number of esters is 1. The Hall–Kier alpha value is -3.59. The highest BCUT2D eigenvalue weighted by Gasteiger charge is 2.34. The van der Waals surface area contributed by atoms with Crippen LogP contribution in [0.1, 0.15) is 18.1 Å². The molecule has 0 spiro atoms. The molecule has 1 aliphatic heterocycles. The lowest BCUT2D eigenvalue weighted by atomic mass is 10.1. The summed E-state index contributed by atoms with van der Waals surface area (Å²) in [6.45, 7) is 1.47. The Labute approximate surface area is 188 Å². The van der Waals surface area contributed by atoms with Crippen molar-refractivity contribution in [1.82, 2.24) is 10.2 Å². The van der Waals surface area contributed by atoms with Crippen LogP contribution < -0.4 is 14.8 Å². The van der Waals surface area contributed by atoms with Crippen LogP contribution in [-0.2, 0) is 20.9 Å². The minimum atomic E-state index is -0.668. The molecule has 10 heteroatoms. The second kappa shape index (κ2) is 10.1. The Morgan fingerprint density at radius 1 is 1.22 bits per heavy atom. The molecule has 8 nitrogen and oxygen atoms in total. The summed E-state index contributed by atoms with van der Waals surface area (Å²) in [5.74, 6) is -1.33. The predicted molar refractivity (Wildman–Crippen MR) is 114 cm³/mol. The maximum Gasteiger partial charge on any atom is 0.343 e. The van der Waals surface area contributed by atoms with Crippen molar-refractivity contribution in [3.63, 3.8) is 0 Å². The number of carbonyl (C=O) groups is 3. The Morgan fingerprint density at radius 3 is 2.66 bits per heavy atom. The summed E-state index contributed by atoms with van der Waals surface area (Å²) in [4.78, 5) is 37.3. The lowest BCUT2D eigenvalue weighted by molar-refractivity contribution is -0.142. The standard InChI is InChI=1S/C22H20ClFN2O6/c1-3-31-18-10-13(8-15(23)20(18)32-12-19(27)30-2)9-17-21(28)26(22(29)25-17)11-14-6-4-5-7-16(14)24/h4-10H,3,11-12H2,1-2H3,(H,25,29)/b17-9+. The Bertz CT molecular complexity index is 1090. The fraction of sp³-hybridized carbons (Fsp3) is 0.227. The van der Waals surface area contributed by atoms with Gasteiger partial charge in [-0.15, -0.1) is 0 Å². The molecule has 1 fully saturated rings. The van der Waals surface area contributed by atoms with Gasteiger partial charge in [0.1, 0.15) is 11.5 Å². The van der Waals surface area contributed by atoms with E-state index in [-0.39, 0.29) is 47.5 Å². The average Bonchev–Trinajstić information content (AvgIpc) is 3.02. The number of methoxy groups -OCH3 is 1. The van der Waals surface area contributed by atoms with Crippen molar-refractivity contribution in [3.8, 4) is 11.5 Å². The number of imide groups is 1. The number of benzene rings is 2. The van der Waals surface area contributed by atoms with Gasteiger partial charge in [-0.25, -0.2) is 14.0 Å². The highest BCUT2D eigenvalue weighted by atomic mass is 35.5. The molecule has 1 heterocycles. The number of nitrogens with one attached hydrogen (secondary N) is 1. The van der Waals surface area contributed by atoms with Crippen molar-refractivity contribution in [2.75, 3.05) is 20.3 Å². The van der Waals surface area contributed by atoms with Crippen LogP contribution in [0.2, 0.25) is 5.02 Å². The molecule has 0 radical (unpaired) electrons. The van der Waals surface area contributed by atoms with Gasteiger partial charge in [0.15, 0.2) is 18.1 Å². The van der Waals surface area contributed by atoms with Crippen molar-refractivity contribution in [1.29, 1.82) is 0 Å². The molecule has 0 atom stereocenters. The zero-order valence-electron chi connectivity index (χ0n) is 17.3. The SMILES string of the molecule is CCOc1cc(/C=C2/NC(=O)N(Cc3ccccc3F)C2=O)cc(Cl)c1OCC(=O)OC. The van der Waals surface area contributed by atoms with Crippen LogP contribution in [0.15, 0.2) is 42.1 Å². The van der Waals surface area contributed by atoms with Gasteiger partial charge in [0.25, 0.3) is 5.91 Å². The van der Waals surface area contributed by atoms with E-state index in [4.69, 9.17) is 21.1 Å². The summed E-state index contributed by atoms with van der Waals surface area (Å²) in [5.41, 5.74) is 0.652. The van der Waals surface area contributed by atoms with E-state index < -0.39 is 23.7 Å². The molecule has 0 bridgehead atoms. The number of hydrogen-bond acceptors (Lipinski definition) is 6. The first kappa shape index (κ1) is 23.1. The summed E-state index contributed by atoms with van der Waals surface area (Å²) in [5, 5.41) is 2.61. The number of amides is 3. The van der Waals surface area contributed by atoms with Gasteiger partial charge in [0.2, 0.25) is 0 Å². The van der Waals surface area contributed by atoms with E-state index in [0.29, 0.717) is 5.56 Å². The van der Waals surface area contributed by atoms with Crippen molar-refractivity contribution < 1.29 is 33.0 Å². The summed E-state index contributed by atoms with van der Waals surface area (Å²) in [7, 11) is 1.23. The van der Waals surface area contributed by atoms with Crippen LogP contribution in [0, 0.1) is 5.82 Å². The van der Waals surface area contributed by atoms with E-state index in [9.17, 15) is 18.8 Å². The number of nitrogens with zero attached hydrogens (tertiary/aromatic N) is 1. The number of ether oxygens (including phenoxy) is 3. The van der Waals surface area contributed by atoms with E-state index in [1.807, 2.05) is 0 Å². The molecule has 0 aromatic heterocycles. The number of carbonyl (C=O) groups excluding carboxylic acids is 3. The van der Waals surface area contributed by atoms with Gasteiger partial charge < -0.3 is 19.5 Å². The van der Waals surface area contributed by atoms with E-state index in [1.54, 1.807) is 19.1 Å². The Kier molecular flexibility index (Phi) is 7.32. The molecule has 0 unspecified atom stereocenters. The number of halogens is 2. The molecule has 1 aliphatic rings. The molecule has 0 saturated carbocycles. The van der Waals surface area contributed by atoms with Gasteiger partial charge in [-0.05, 0) is 36.8 Å². The van der Waals surface area contributed by atoms with E-state index >= 15 is 0 Å².